The molecule has 0 unspecified atom stereocenters. The third kappa shape index (κ3) is 11.1. The maximum atomic E-state index is 13.5. The quantitative estimate of drug-likeness (QED) is 0.233. The molecule has 1 amide bonds. The van der Waals surface area contributed by atoms with Gasteiger partial charge in [0.1, 0.15) is 17.4 Å². The molecule has 0 saturated heterocycles. The minimum absolute atomic E-state index is 0.212. The van der Waals surface area contributed by atoms with Crippen molar-refractivity contribution in [1.82, 2.24) is 4.98 Å². The lowest BCUT2D eigenvalue weighted by molar-refractivity contribution is -0.140. The molecule has 0 spiro atoms. The van der Waals surface area contributed by atoms with Crippen LogP contribution in [0.1, 0.15) is 45.6 Å². The molecule has 0 bridgehead atoms. The fraction of sp³-hybridized carbons (Fsp3) is 0.172. The summed E-state index contributed by atoms with van der Waals surface area (Å²) in [6.07, 6.45) is -3.35. The Labute approximate surface area is 236 Å². The van der Waals surface area contributed by atoms with Crippen LogP contribution in [-0.2, 0) is 6.18 Å². The number of hydrogen-bond acceptors (Lipinski definition) is 3. The Kier molecular flexibility index (Phi) is 12.1. The molecule has 0 saturated carbocycles. The number of aryl methyl sites for hydroxylation is 1. The van der Waals surface area contributed by atoms with Crippen molar-refractivity contribution in [2.75, 3.05) is 0 Å². The van der Waals surface area contributed by atoms with E-state index in [2.05, 4.69) is 28.8 Å². The molecule has 0 aliphatic carbocycles. The molecule has 0 aliphatic heterocycles. The van der Waals surface area contributed by atoms with Crippen LogP contribution in [0.5, 0.6) is 5.75 Å². The Hall–Kier alpha value is -4.12. The molecule has 1 heterocycles. The summed E-state index contributed by atoms with van der Waals surface area (Å²) in [7, 11) is 0. The third-order valence-electron chi connectivity index (χ3n) is 5.31. The van der Waals surface area contributed by atoms with Crippen LogP contribution in [0.3, 0.4) is 0 Å². The first-order valence-corrected chi connectivity index (χ1v) is 12.1. The van der Waals surface area contributed by atoms with Crippen molar-refractivity contribution in [1.29, 1.82) is 0 Å². The van der Waals surface area contributed by atoms with E-state index in [1.54, 1.807) is 19.1 Å². The van der Waals surface area contributed by atoms with Gasteiger partial charge in [-0.15, -0.1) is 0 Å². The highest BCUT2D eigenvalue weighted by molar-refractivity contribution is 6.30. The molecule has 12 heteroatoms. The first-order valence-electron chi connectivity index (χ1n) is 11.7. The number of amides is 1. The van der Waals surface area contributed by atoms with E-state index in [9.17, 15) is 35.5 Å². The summed E-state index contributed by atoms with van der Waals surface area (Å²) in [5, 5.41) is 0.488. The summed E-state index contributed by atoms with van der Waals surface area (Å²) < 4.78 is 91.0. The highest BCUT2D eigenvalue weighted by atomic mass is 35.5. The first-order chi connectivity index (χ1) is 19.2. The van der Waals surface area contributed by atoms with Crippen molar-refractivity contribution in [3.63, 3.8) is 0 Å². The summed E-state index contributed by atoms with van der Waals surface area (Å²) in [4.78, 5) is 14.7. The Bertz CT molecular complexity index is 1420. The van der Waals surface area contributed by atoms with Gasteiger partial charge in [0, 0.05) is 29.4 Å². The lowest BCUT2D eigenvalue weighted by Crippen LogP contribution is -2.14. The Morgan fingerprint density at radius 1 is 0.951 bits per heavy atom. The molecule has 1 atom stereocenters. The Morgan fingerprint density at radius 2 is 1.61 bits per heavy atom. The fourth-order valence-corrected chi connectivity index (χ4v) is 3.36. The van der Waals surface area contributed by atoms with Crippen LogP contribution in [0.2, 0.25) is 5.02 Å². The second-order valence-electron chi connectivity index (χ2n) is 8.43. The number of hydrogen-bond donors (Lipinski definition) is 1. The van der Waals surface area contributed by atoms with E-state index in [-0.39, 0.29) is 17.2 Å². The average Bonchev–Trinajstić information content (AvgIpc) is 2.88. The molecule has 0 radical (unpaired) electrons. The molecule has 1 aromatic heterocycles. The van der Waals surface area contributed by atoms with E-state index in [0.717, 1.165) is 12.1 Å². The van der Waals surface area contributed by atoms with Crippen LogP contribution in [-0.4, -0.2) is 17.5 Å². The molecule has 2 N–H and O–H groups in total. The zero-order chi connectivity index (χ0) is 30.7. The maximum Gasteiger partial charge on any atom is 0.419 e. The van der Waals surface area contributed by atoms with Gasteiger partial charge < -0.3 is 10.5 Å². The number of alkyl halides is 5. The number of aromatic nitrogens is 1. The van der Waals surface area contributed by atoms with Gasteiger partial charge in [-0.1, -0.05) is 54.4 Å². The third-order valence-corrected chi connectivity index (χ3v) is 5.53. The van der Waals surface area contributed by atoms with Gasteiger partial charge in [-0.2, -0.15) is 22.0 Å². The normalized spacial score (nSPS) is 11.5. The van der Waals surface area contributed by atoms with Crippen LogP contribution < -0.4 is 10.5 Å². The van der Waals surface area contributed by atoms with E-state index in [1.807, 2.05) is 18.2 Å². The SMILES string of the molecule is C[C@@H](c1cc(F)cc(OC(F)F)c1)c1ccc(Cl)cn1.Cc1ccccc1.NC(=O)c1ccc(F)c(C(F)(F)F)c1. The second-order valence-corrected chi connectivity index (χ2v) is 8.87. The van der Waals surface area contributed by atoms with Crippen LogP contribution in [0.4, 0.5) is 30.7 Å². The van der Waals surface area contributed by atoms with Gasteiger partial charge in [0.05, 0.1) is 10.6 Å². The lowest BCUT2D eigenvalue weighted by atomic mass is 9.97. The Balaban J connectivity index is 0.000000241. The molecule has 4 nitrogen and oxygen atoms in total. The van der Waals surface area contributed by atoms with Gasteiger partial charge in [-0.3, -0.25) is 9.78 Å². The predicted molar refractivity (Wildman–Crippen MR) is 141 cm³/mol. The number of pyridine rings is 1. The summed E-state index contributed by atoms with van der Waals surface area (Å²) >= 11 is 5.74. The summed E-state index contributed by atoms with van der Waals surface area (Å²) in [5.41, 5.74) is 5.35. The molecule has 41 heavy (non-hydrogen) atoms. The number of halogens is 8. The predicted octanol–water partition coefficient (Wildman–Crippen LogP) is 8.57. The van der Waals surface area contributed by atoms with Crippen LogP contribution >= 0.6 is 11.6 Å². The Morgan fingerprint density at radius 3 is 2.10 bits per heavy atom. The topological polar surface area (TPSA) is 65.2 Å². The number of carbonyl (C=O) groups is 1. The number of carbonyl (C=O) groups excluding carboxylic acids is 1. The number of nitrogens with zero attached hydrogens (tertiary/aromatic N) is 1. The fourth-order valence-electron chi connectivity index (χ4n) is 3.25. The summed E-state index contributed by atoms with van der Waals surface area (Å²) in [6, 6.07) is 19.0. The molecule has 0 fully saturated rings. The van der Waals surface area contributed by atoms with Crippen LogP contribution in [0.25, 0.3) is 0 Å². The van der Waals surface area contributed by atoms with Crippen molar-refractivity contribution < 1.29 is 40.3 Å². The maximum absolute atomic E-state index is 13.5. The van der Waals surface area contributed by atoms with E-state index >= 15 is 0 Å². The first kappa shape index (κ1) is 33.1. The van der Waals surface area contributed by atoms with Gasteiger partial charge in [0.15, 0.2) is 0 Å². The smallest absolute Gasteiger partial charge is 0.419 e. The molecule has 4 aromatic rings. The van der Waals surface area contributed by atoms with E-state index in [4.69, 9.17) is 17.3 Å². The van der Waals surface area contributed by atoms with Crippen molar-refractivity contribution >= 4 is 17.5 Å². The zero-order valence-electron chi connectivity index (χ0n) is 21.6. The minimum atomic E-state index is -4.82. The standard InChI is InChI=1S/C14H11ClF3NO.C8H5F4NO.C7H8/c1-8(13-3-2-10(15)7-19-13)9-4-11(16)6-12(5-9)20-14(17)18;9-6-2-1-4(7(13)14)3-5(6)8(10,11)12;1-7-5-3-2-4-6-7/h2-8,14H,1H3;1-3H,(H2,13,14);2-6H,1H3/t8-;;/m0../s1. The van der Waals surface area contributed by atoms with Crippen molar-refractivity contribution in [2.24, 2.45) is 5.73 Å². The molecule has 0 aliphatic rings. The van der Waals surface area contributed by atoms with Crippen LogP contribution in [0.15, 0.2) is 85.1 Å². The second kappa shape index (κ2) is 15.0. The summed E-state index contributed by atoms with van der Waals surface area (Å²) in [5.74, 6) is -3.59. The number of ether oxygens (including phenoxy) is 1. The van der Waals surface area contributed by atoms with Gasteiger partial charge in [-0.05, 0) is 55.0 Å². The largest absolute Gasteiger partial charge is 0.435 e. The molecular formula is C29H24ClF7N2O2. The lowest BCUT2D eigenvalue weighted by Gasteiger charge is -2.13. The zero-order valence-corrected chi connectivity index (χ0v) is 22.4. The highest BCUT2D eigenvalue weighted by Gasteiger charge is 2.34. The van der Waals surface area contributed by atoms with E-state index in [0.29, 0.717) is 28.4 Å². The van der Waals surface area contributed by atoms with Gasteiger partial charge in [0.2, 0.25) is 5.91 Å². The highest BCUT2D eigenvalue weighted by Crippen LogP contribution is 2.32. The number of rotatable bonds is 5. The number of benzene rings is 3. The van der Waals surface area contributed by atoms with Gasteiger partial charge >= 0.3 is 12.8 Å². The molecular weight excluding hydrogens is 577 g/mol. The molecule has 3 aromatic carbocycles. The molecule has 4 rings (SSSR count). The van der Waals surface area contributed by atoms with Crippen molar-refractivity contribution in [3.05, 3.63) is 130 Å². The van der Waals surface area contributed by atoms with E-state index in [1.165, 1.54) is 23.9 Å². The molecule has 218 valence electrons. The average molecular weight is 601 g/mol. The van der Waals surface area contributed by atoms with Gasteiger partial charge in [-0.25, -0.2) is 8.78 Å². The van der Waals surface area contributed by atoms with E-state index < -0.39 is 35.9 Å². The van der Waals surface area contributed by atoms with Crippen molar-refractivity contribution in [2.45, 2.75) is 32.6 Å². The van der Waals surface area contributed by atoms with Crippen molar-refractivity contribution in [3.8, 4) is 5.75 Å². The van der Waals surface area contributed by atoms with Gasteiger partial charge in [0.25, 0.3) is 0 Å². The summed E-state index contributed by atoms with van der Waals surface area (Å²) in [6.45, 7) is 0.880. The number of nitrogens with two attached hydrogens (primary N) is 1. The monoisotopic (exact) mass is 600 g/mol. The minimum Gasteiger partial charge on any atom is -0.435 e. The number of primary amides is 1. The van der Waals surface area contributed by atoms with Crippen LogP contribution in [0, 0.1) is 18.6 Å².